The Hall–Kier alpha value is -3.84. The summed E-state index contributed by atoms with van der Waals surface area (Å²) in [6, 6.07) is 14.2. The zero-order valence-electron chi connectivity index (χ0n) is 20.8. The number of phenols is 1. The lowest BCUT2D eigenvalue weighted by Gasteiger charge is -2.29. The van der Waals surface area contributed by atoms with Crippen LogP contribution in [0, 0.1) is 6.92 Å². The number of methoxy groups -OCH3 is 4. The van der Waals surface area contributed by atoms with E-state index in [9.17, 15) is 10.2 Å². The molecule has 1 unspecified atom stereocenters. The minimum absolute atomic E-state index is 0.101. The zero-order valence-corrected chi connectivity index (χ0v) is 20.8. The Morgan fingerprint density at radius 2 is 1.49 bits per heavy atom. The summed E-state index contributed by atoms with van der Waals surface area (Å²) >= 11 is 0. The number of aryl methyl sites for hydroxylation is 1. The predicted octanol–water partition coefficient (Wildman–Crippen LogP) is 5.79. The lowest BCUT2D eigenvalue weighted by atomic mass is 9.81. The number of furan rings is 1. The number of hydrogen-bond donors (Lipinski definition) is 2. The first-order chi connectivity index (χ1) is 16.8. The fourth-order valence-corrected chi connectivity index (χ4v) is 4.73. The molecule has 0 aliphatic carbocycles. The van der Waals surface area contributed by atoms with Crippen molar-refractivity contribution in [2.24, 2.45) is 0 Å². The van der Waals surface area contributed by atoms with Crippen LogP contribution in [0.15, 0.2) is 52.9 Å². The van der Waals surface area contributed by atoms with Crippen molar-refractivity contribution in [2.75, 3.05) is 28.4 Å². The molecule has 2 N–H and O–H groups in total. The Kier molecular flexibility index (Phi) is 6.54. The molecule has 4 rings (SSSR count). The molecule has 0 radical (unpaired) electrons. The van der Waals surface area contributed by atoms with Crippen LogP contribution in [-0.2, 0) is 5.60 Å². The van der Waals surface area contributed by atoms with Gasteiger partial charge in [-0.05, 0) is 49.2 Å². The first kappa shape index (κ1) is 24.3. The molecule has 0 aliphatic heterocycles. The number of rotatable bonds is 8. The molecule has 4 aromatic rings. The van der Waals surface area contributed by atoms with Crippen molar-refractivity contribution in [3.8, 4) is 39.9 Å². The number of aromatic hydroxyl groups is 1. The highest BCUT2D eigenvalue weighted by Crippen LogP contribution is 2.49. The van der Waals surface area contributed by atoms with Crippen LogP contribution in [0.25, 0.3) is 22.1 Å². The van der Waals surface area contributed by atoms with Gasteiger partial charge in [-0.2, -0.15) is 0 Å². The Labute approximate surface area is 204 Å². The number of hydrogen-bond acceptors (Lipinski definition) is 7. The molecule has 35 heavy (non-hydrogen) atoms. The van der Waals surface area contributed by atoms with Gasteiger partial charge in [0, 0.05) is 16.5 Å². The van der Waals surface area contributed by atoms with Crippen molar-refractivity contribution in [1.29, 1.82) is 0 Å². The third-order valence-corrected chi connectivity index (χ3v) is 6.46. The van der Waals surface area contributed by atoms with Gasteiger partial charge in [-0.25, -0.2) is 0 Å². The second-order valence-corrected chi connectivity index (χ2v) is 8.20. The summed E-state index contributed by atoms with van der Waals surface area (Å²) in [6.45, 7) is 3.71. The highest BCUT2D eigenvalue weighted by molar-refractivity contribution is 6.00. The standard InChI is InChI=1S/C28H30O7/c1-7-28(30,17-14-22(32-4)27(34-6)23(15-17)33-5)25-16(2)35-26-19(25)12-13-21(31-3)24(26)18-10-8-9-11-20(18)29/h8-15,29-30H,7H2,1-6H3. The highest BCUT2D eigenvalue weighted by Gasteiger charge is 2.38. The van der Waals surface area contributed by atoms with Gasteiger partial charge in [0.2, 0.25) is 5.75 Å². The predicted molar refractivity (Wildman–Crippen MR) is 134 cm³/mol. The molecule has 0 saturated carbocycles. The van der Waals surface area contributed by atoms with Gasteiger partial charge in [-0.3, -0.25) is 0 Å². The van der Waals surface area contributed by atoms with Gasteiger partial charge in [0.25, 0.3) is 0 Å². The maximum Gasteiger partial charge on any atom is 0.203 e. The molecule has 0 aliphatic rings. The molecule has 3 aromatic carbocycles. The Balaban J connectivity index is 2.04. The lowest BCUT2D eigenvalue weighted by Crippen LogP contribution is -2.27. The fourth-order valence-electron chi connectivity index (χ4n) is 4.73. The first-order valence-corrected chi connectivity index (χ1v) is 11.3. The van der Waals surface area contributed by atoms with E-state index >= 15 is 0 Å². The first-order valence-electron chi connectivity index (χ1n) is 11.3. The van der Waals surface area contributed by atoms with E-state index in [1.54, 1.807) is 37.4 Å². The third-order valence-electron chi connectivity index (χ3n) is 6.46. The number of aliphatic hydroxyl groups is 1. The SMILES string of the molecule is CCC(O)(c1cc(OC)c(OC)c(OC)c1)c1c(C)oc2c(-c3ccccc3O)c(OC)ccc12. The van der Waals surface area contributed by atoms with E-state index in [2.05, 4.69) is 0 Å². The molecule has 7 nitrogen and oxygen atoms in total. The average Bonchev–Trinajstić information content (AvgIpc) is 3.23. The summed E-state index contributed by atoms with van der Waals surface area (Å²) in [5, 5.41) is 23.5. The number of para-hydroxylation sites is 1. The molecule has 1 atom stereocenters. The summed E-state index contributed by atoms with van der Waals surface area (Å²) in [6.07, 6.45) is 0.346. The van der Waals surface area contributed by atoms with Gasteiger partial charge >= 0.3 is 0 Å². The fraction of sp³-hybridized carbons (Fsp3) is 0.286. The molecule has 0 amide bonds. The van der Waals surface area contributed by atoms with E-state index in [1.165, 1.54) is 21.3 Å². The number of benzene rings is 3. The number of fused-ring (bicyclic) bond motifs is 1. The van der Waals surface area contributed by atoms with Gasteiger partial charge < -0.3 is 33.6 Å². The summed E-state index contributed by atoms with van der Waals surface area (Å²) in [4.78, 5) is 0. The number of ether oxygens (including phenoxy) is 4. The topological polar surface area (TPSA) is 90.5 Å². The Morgan fingerprint density at radius 1 is 0.857 bits per heavy atom. The molecular weight excluding hydrogens is 448 g/mol. The molecule has 0 fully saturated rings. The molecular formula is C28H30O7. The third kappa shape index (κ3) is 3.82. The average molecular weight is 479 g/mol. The van der Waals surface area contributed by atoms with E-state index in [-0.39, 0.29) is 5.75 Å². The molecule has 0 bridgehead atoms. The van der Waals surface area contributed by atoms with E-state index in [0.717, 1.165) is 0 Å². The second-order valence-electron chi connectivity index (χ2n) is 8.20. The van der Waals surface area contributed by atoms with Crippen molar-refractivity contribution in [1.82, 2.24) is 0 Å². The number of phenolic OH excluding ortho intramolecular Hbond substituents is 1. The molecule has 0 spiro atoms. The van der Waals surface area contributed by atoms with E-state index < -0.39 is 5.60 Å². The van der Waals surface area contributed by atoms with Gasteiger partial charge in [0.15, 0.2) is 11.5 Å². The summed E-state index contributed by atoms with van der Waals surface area (Å²) in [7, 11) is 6.18. The summed E-state index contributed by atoms with van der Waals surface area (Å²) < 4.78 is 28.4. The largest absolute Gasteiger partial charge is 0.507 e. The maximum absolute atomic E-state index is 12.2. The van der Waals surface area contributed by atoms with Crippen molar-refractivity contribution < 1.29 is 33.6 Å². The van der Waals surface area contributed by atoms with Crippen LogP contribution in [0.1, 0.15) is 30.2 Å². The van der Waals surface area contributed by atoms with Crippen LogP contribution in [0.2, 0.25) is 0 Å². The van der Waals surface area contributed by atoms with Crippen molar-refractivity contribution in [3.05, 3.63) is 65.4 Å². The van der Waals surface area contributed by atoms with Crippen LogP contribution < -0.4 is 18.9 Å². The highest BCUT2D eigenvalue weighted by atomic mass is 16.5. The van der Waals surface area contributed by atoms with Crippen LogP contribution >= 0.6 is 0 Å². The molecule has 1 heterocycles. The minimum atomic E-state index is -1.44. The van der Waals surface area contributed by atoms with Gasteiger partial charge in [0.1, 0.15) is 28.4 Å². The van der Waals surface area contributed by atoms with Crippen LogP contribution in [-0.4, -0.2) is 38.7 Å². The quantitative estimate of drug-likeness (QED) is 0.331. The summed E-state index contributed by atoms with van der Waals surface area (Å²) in [5.74, 6) is 2.52. The van der Waals surface area contributed by atoms with E-state index in [1.807, 2.05) is 32.0 Å². The van der Waals surface area contributed by atoms with Crippen LogP contribution in [0.3, 0.4) is 0 Å². The lowest BCUT2D eigenvalue weighted by molar-refractivity contribution is 0.0756. The van der Waals surface area contributed by atoms with Gasteiger partial charge in [0.05, 0.1) is 34.0 Å². The normalized spacial score (nSPS) is 12.9. The monoisotopic (exact) mass is 478 g/mol. The van der Waals surface area contributed by atoms with Crippen molar-refractivity contribution in [3.63, 3.8) is 0 Å². The molecule has 1 aromatic heterocycles. The zero-order chi connectivity index (χ0) is 25.3. The molecule has 184 valence electrons. The van der Waals surface area contributed by atoms with Gasteiger partial charge in [-0.15, -0.1) is 0 Å². The van der Waals surface area contributed by atoms with Gasteiger partial charge in [-0.1, -0.05) is 25.1 Å². The smallest absolute Gasteiger partial charge is 0.203 e. The van der Waals surface area contributed by atoms with Crippen molar-refractivity contribution >= 4 is 11.0 Å². The second kappa shape index (κ2) is 9.43. The molecule has 0 saturated heterocycles. The van der Waals surface area contributed by atoms with E-state index in [4.69, 9.17) is 23.4 Å². The Bertz CT molecular complexity index is 1350. The van der Waals surface area contributed by atoms with E-state index in [0.29, 0.717) is 68.4 Å². The van der Waals surface area contributed by atoms with Crippen LogP contribution in [0.5, 0.6) is 28.7 Å². The molecule has 7 heteroatoms. The van der Waals surface area contributed by atoms with Crippen LogP contribution in [0.4, 0.5) is 0 Å². The minimum Gasteiger partial charge on any atom is -0.507 e. The maximum atomic E-state index is 12.2. The summed E-state index contributed by atoms with van der Waals surface area (Å²) in [5.41, 5.74) is 1.44. The Morgan fingerprint density at radius 3 is 2.03 bits per heavy atom. The van der Waals surface area contributed by atoms with Crippen molar-refractivity contribution in [2.45, 2.75) is 25.9 Å².